The lowest BCUT2D eigenvalue weighted by Gasteiger charge is -2.36. The number of nitrogens with one attached hydrogen (secondary N) is 1. The molecule has 0 saturated heterocycles. The zero-order valence-electron chi connectivity index (χ0n) is 13.2. The van der Waals surface area contributed by atoms with Crippen molar-refractivity contribution < 1.29 is 20.5 Å². The highest BCUT2D eigenvalue weighted by Crippen LogP contribution is 2.35. The van der Waals surface area contributed by atoms with Crippen molar-refractivity contribution in [3.63, 3.8) is 0 Å². The number of esters is 1. The van der Waals surface area contributed by atoms with Crippen molar-refractivity contribution >= 4 is 12.1 Å². The van der Waals surface area contributed by atoms with E-state index in [2.05, 4.69) is 18.8 Å². The van der Waals surface area contributed by atoms with Crippen LogP contribution in [0.15, 0.2) is 12.2 Å². The molecule has 5 heteroatoms. The van der Waals surface area contributed by atoms with Crippen LogP contribution in [0, 0.1) is 0 Å². The molecule has 1 rings (SSSR count). The third-order valence-electron chi connectivity index (χ3n) is 3.73. The Balaban J connectivity index is 0.00000441. The minimum Gasteiger partial charge on any atom is -0.460 e. The summed E-state index contributed by atoms with van der Waals surface area (Å²) in [5.41, 5.74) is 0.0486. The maximum absolute atomic E-state index is 11.9. The van der Waals surface area contributed by atoms with Crippen LogP contribution in [-0.4, -0.2) is 30.8 Å². The van der Waals surface area contributed by atoms with E-state index in [0.717, 1.165) is 38.5 Å². The van der Waals surface area contributed by atoms with Crippen molar-refractivity contribution in [1.29, 1.82) is 0 Å². The van der Waals surface area contributed by atoms with Gasteiger partial charge >= 0.3 is 12.1 Å². The fourth-order valence-electron chi connectivity index (χ4n) is 2.71. The fraction of sp³-hybridized carbons (Fsp3) is 0.750. The topological polar surface area (TPSA) is 64.6 Å². The molecule has 1 aliphatic carbocycles. The van der Waals surface area contributed by atoms with Crippen LogP contribution in [0.2, 0.25) is 0 Å². The summed E-state index contributed by atoms with van der Waals surface area (Å²) < 4.78 is 10.6. The lowest BCUT2D eigenvalue weighted by Crippen LogP contribution is -2.41. The molecule has 1 saturated carbocycles. The Kier molecular flexibility index (Phi) is 7.26. The smallest absolute Gasteiger partial charge is 0.407 e. The number of carbonyl (C=O) groups excluding carboxylic acids is 2. The molecule has 0 aliphatic heterocycles. The van der Waals surface area contributed by atoms with E-state index < -0.39 is 12.1 Å². The highest BCUT2D eigenvalue weighted by Gasteiger charge is 2.34. The molecule has 0 heterocycles. The Hall–Kier alpha value is -1.52. The molecule has 122 valence electrons. The van der Waals surface area contributed by atoms with Crippen molar-refractivity contribution in [3.05, 3.63) is 12.2 Å². The van der Waals surface area contributed by atoms with Crippen molar-refractivity contribution in [2.75, 3.05) is 13.2 Å². The first-order valence-electron chi connectivity index (χ1n) is 7.78. The highest BCUT2D eigenvalue weighted by molar-refractivity contribution is 5.86. The molecule has 5 nitrogen and oxygen atoms in total. The molecule has 0 aromatic rings. The second-order valence-electron chi connectivity index (χ2n) is 5.73. The van der Waals surface area contributed by atoms with E-state index in [1.54, 1.807) is 6.92 Å². The van der Waals surface area contributed by atoms with Gasteiger partial charge in [0.15, 0.2) is 0 Å². The van der Waals surface area contributed by atoms with Crippen LogP contribution in [0.5, 0.6) is 0 Å². The average Bonchev–Trinajstić information content (AvgIpc) is 2.44. The molecule has 1 fully saturated rings. The van der Waals surface area contributed by atoms with Gasteiger partial charge in [-0.25, -0.2) is 9.59 Å². The zero-order chi connectivity index (χ0) is 15.7. The minimum absolute atomic E-state index is 0. The average molecular weight is 299 g/mol. The Bertz CT molecular complexity index is 373. The van der Waals surface area contributed by atoms with Crippen LogP contribution >= 0.6 is 0 Å². The summed E-state index contributed by atoms with van der Waals surface area (Å²) in [4.78, 5) is 23.1. The summed E-state index contributed by atoms with van der Waals surface area (Å²) in [6, 6.07) is 0. The van der Waals surface area contributed by atoms with Crippen LogP contribution < -0.4 is 5.32 Å². The second-order valence-corrected chi connectivity index (χ2v) is 5.73. The monoisotopic (exact) mass is 299 g/mol. The van der Waals surface area contributed by atoms with Crippen molar-refractivity contribution in [2.24, 2.45) is 0 Å². The number of alkyl carbamates (subject to hydrolysis) is 1. The molecule has 0 aromatic heterocycles. The third-order valence-corrected chi connectivity index (χ3v) is 3.73. The summed E-state index contributed by atoms with van der Waals surface area (Å²) in [6.45, 7) is 7.56. The van der Waals surface area contributed by atoms with Crippen molar-refractivity contribution in [2.45, 2.75) is 64.4 Å². The minimum atomic E-state index is -0.445. The lowest BCUT2D eigenvalue weighted by atomic mass is 9.81. The molecule has 0 radical (unpaired) electrons. The molecule has 0 bridgehead atoms. The van der Waals surface area contributed by atoms with Crippen molar-refractivity contribution in [1.82, 2.24) is 5.32 Å². The number of rotatable bonds is 7. The molecule has 1 aliphatic rings. The van der Waals surface area contributed by atoms with Gasteiger partial charge in [-0.1, -0.05) is 26.3 Å². The quantitative estimate of drug-likeness (QED) is 0.443. The fourth-order valence-corrected chi connectivity index (χ4v) is 2.71. The number of hydrogen-bond donors (Lipinski definition) is 1. The first-order valence-corrected chi connectivity index (χ1v) is 7.78. The summed E-state index contributed by atoms with van der Waals surface area (Å²) in [5.74, 6) is -0.445. The summed E-state index contributed by atoms with van der Waals surface area (Å²) >= 11 is 0. The zero-order valence-corrected chi connectivity index (χ0v) is 13.2. The predicted octanol–water partition coefficient (Wildman–Crippen LogP) is 3.58. The van der Waals surface area contributed by atoms with Crippen LogP contribution in [0.3, 0.4) is 0 Å². The predicted molar refractivity (Wildman–Crippen MR) is 83.1 cm³/mol. The van der Waals surface area contributed by atoms with E-state index in [1.807, 2.05) is 0 Å². The number of ether oxygens (including phenoxy) is 2. The van der Waals surface area contributed by atoms with E-state index in [9.17, 15) is 9.59 Å². The molecule has 0 aromatic carbocycles. The summed E-state index contributed by atoms with van der Waals surface area (Å²) in [7, 11) is 0. The Morgan fingerprint density at radius 2 is 1.95 bits per heavy atom. The van der Waals surface area contributed by atoms with Crippen LogP contribution in [0.4, 0.5) is 4.79 Å². The molecular formula is C16H29NO4. The standard InChI is InChI=1S/C16H27NO4.H2/c1-4-8-16(9-6-5-7-10-16)21-15(19)17-11-12-20-14(18)13(2)3;/h2,4-12H2,1,3H3,(H,17,19);1H. The largest absolute Gasteiger partial charge is 0.460 e. The summed E-state index contributed by atoms with van der Waals surface area (Å²) in [6.07, 6.45) is 6.82. The van der Waals surface area contributed by atoms with Gasteiger partial charge in [-0.15, -0.1) is 0 Å². The van der Waals surface area contributed by atoms with Gasteiger partial charge in [0.1, 0.15) is 12.2 Å². The van der Waals surface area contributed by atoms with Crippen LogP contribution in [0.1, 0.15) is 60.2 Å². The molecule has 1 N–H and O–H groups in total. The van der Waals surface area contributed by atoms with Gasteiger partial charge < -0.3 is 14.8 Å². The first-order chi connectivity index (χ1) is 9.99. The van der Waals surface area contributed by atoms with E-state index in [4.69, 9.17) is 9.47 Å². The van der Waals surface area contributed by atoms with Gasteiger partial charge in [0.2, 0.25) is 0 Å². The second kappa shape index (κ2) is 8.70. The van der Waals surface area contributed by atoms with Crippen molar-refractivity contribution in [3.8, 4) is 0 Å². The third kappa shape index (κ3) is 6.19. The SMILES string of the molecule is C=C(C)C(=O)OCCNC(=O)OC1(CCC)CCCCC1.[HH]. The Morgan fingerprint density at radius 1 is 1.29 bits per heavy atom. The Labute approximate surface area is 128 Å². The number of amides is 1. The lowest BCUT2D eigenvalue weighted by molar-refractivity contribution is -0.138. The van der Waals surface area contributed by atoms with Gasteiger partial charge in [0.05, 0.1) is 6.54 Å². The van der Waals surface area contributed by atoms with E-state index >= 15 is 0 Å². The Morgan fingerprint density at radius 3 is 2.52 bits per heavy atom. The van der Waals surface area contributed by atoms with E-state index in [1.165, 1.54) is 6.42 Å². The molecule has 21 heavy (non-hydrogen) atoms. The first kappa shape index (κ1) is 17.5. The van der Waals surface area contributed by atoms with Gasteiger partial charge in [0.25, 0.3) is 0 Å². The van der Waals surface area contributed by atoms with E-state index in [-0.39, 0.29) is 20.2 Å². The van der Waals surface area contributed by atoms with Crippen LogP contribution in [-0.2, 0) is 14.3 Å². The van der Waals surface area contributed by atoms with Crippen LogP contribution in [0.25, 0.3) is 0 Å². The molecule has 0 unspecified atom stereocenters. The van der Waals surface area contributed by atoms with Gasteiger partial charge in [-0.05, 0) is 39.0 Å². The van der Waals surface area contributed by atoms with Gasteiger partial charge in [-0.2, -0.15) is 0 Å². The molecular weight excluding hydrogens is 270 g/mol. The highest BCUT2D eigenvalue weighted by atomic mass is 16.6. The number of carbonyl (C=O) groups is 2. The maximum atomic E-state index is 11.9. The maximum Gasteiger partial charge on any atom is 0.407 e. The number of hydrogen-bond acceptors (Lipinski definition) is 4. The molecule has 0 spiro atoms. The van der Waals surface area contributed by atoms with E-state index in [0.29, 0.717) is 5.57 Å². The van der Waals surface area contributed by atoms with Gasteiger partial charge in [0, 0.05) is 7.00 Å². The van der Waals surface area contributed by atoms with Gasteiger partial charge in [-0.3, -0.25) is 0 Å². The normalized spacial score (nSPS) is 16.9. The summed E-state index contributed by atoms with van der Waals surface area (Å²) in [5, 5.41) is 2.64. The molecule has 0 atom stereocenters. The molecule has 1 amide bonds.